The first kappa shape index (κ1) is 22.8. The summed E-state index contributed by atoms with van der Waals surface area (Å²) in [6.07, 6.45) is 16.9. The van der Waals surface area contributed by atoms with Crippen molar-refractivity contribution < 1.29 is 10.2 Å². The molecule has 0 aliphatic heterocycles. The van der Waals surface area contributed by atoms with Gasteiger partial charge in [0.05, 0.1) is 11.7 Å². The van der Waals surface area contributed by atoms with Gasteiger partial charge in [-0.1, -0.05) is 56.6 Å². The van der Waals surface area contributed by atoms with E-state index in [2.05, 4.69) is 32.6 Å². The van der Waals surface area contributed by atoms with E-state index in [0.717, 1.165) is 49.9 Å². The Balaban J connectivity index is 1.68. The van der Waals surface area contributed by atoms with E-state index in [1.807, 2.05) is 13.8 Å². The largest absolute Gasteiger partial charge is 0.393 e. The number of hydrogen-bond donors (Lipinski definition) is 2. The van der Waals surface area contributed by atoms with Gasteiger partial charge in [0.2, 0.25) is 0 Å². The molecule has 2 nitrogen and oxygen atoms in total. The first-order chi connectivity index (χ1) is 13.6. The van der Waals surface area contributed by atoms with Crippen molar-refractivity contribution in [3.05, 3.63) is 35.5 Å². The summed E-state index contributed by atoms with van der Waals surface area (Å²) in [5.41, 5.74) is 4.02. The third-order valence-corrected chi connectivity index (χ3v) is 8.36. The predicted molar refractivity (Wildman–Crippen MR) is 123 cm³/mol. The second kappa shape index (κ2) is 9.10. The van der Waals surface area contributed by atoms with Crippen LogP contribution in [0.2, 0.25) is 0 Å². The molecule has 0 aromatic heterocycles. The predicted octanol–water partition coefficient (Wildman–Crippen LogP) is 6.73. The number of allylic oxidation sites excluding steroid dienone is 4. The normalized spacial score (nSPS) is 37.2. The monoisotopic (exact) mass is 400 g/mol. The third-order valence-electron chi connectivity index (χ3n) is 8.36. The lowest BCUT2D eigenvalue weighted by Gasteiger charge is -2.44. The molecule has 0 heterocycles. The fraction of sp³-hybridized carbons (Fsp3) is 0.778. The van der Waals surface area contributed by atoms with Crippen LogP contribution in [0.1, 0.15) is 98.3 Å². The van der Waals surface area contributed by atoms with Gasteiger partial charge in [0.15, 0.2) is 0 Å². The van der Waals surface area contributed by atoms with Gasteiger partial charge in [-0.3, -0.25) is 0 Å². The highest BCUT2D eigenvalue weighted by atomic mass is 16.3. The first-order valence-corrected chi connectivity index (χ1v) is 12.1. The molecule has 3 rings (SSSR count). The second-order valence-corrected chi connectivity index (χ2v) is 11.2. The number of aliphatic hydroxyl groups is 2. The smallest absolute Gasteiger partial charge is 0.0591 e. The van der Waals surface area contributed by atoms with Crippen LogP contribution in [0.25, 0.3) is 0 Å². The van der Waals surface area contributed by atoms with Gasteiger partial charge in [0.1, 0.15) is 0 Å². The Morgan fingerprint density at radius 3 is 2.69 bits per heavy atom. The molecule has 0 aromatic carbocycles. The van der Waals surface area contributed by atoms with Crippen molar-refractivity contribution in [3.63, 3.8) is 0 Å². The number of fused-ring (bicyclic) bond motifs is 1. The Morgan fingerprint density at radius 1 is 1.21 bits per heavy atom. The lowest BCUT2D eigenvalue weighted by atomic mass is 9.60. The average molecular weight is 401 g/mol. The summed E-state index contributed by atoms with van der Waals surface area (Å²) in [5.74, 6) is 2.26. The standard InChI is InChI=1S/C27H44O2/c1-19-10-13-23(28)18-22(19)12-11-21-9-7-17-27(5)24(14-15-25(21)27)20(2)8-6-16-26(3,4)29/h11-12,20,23-25,28-29H,1,6-10,13-18H2,2-5H3/b21-11+,22-12+/t20-,23+,24+,25+,27-/m1/s1. The van der Waals surface area contributed by atoms with Crippen LogP contribution in [0.3, 0.4) is 0 Å². The molecule has 0 aromatic rings. The second-order valence-electron chi connectivity index (χ2n) is 11.2. The summed E-state index contributed by atoms with van der Waals surface area (Å²) < 4.78 is 0. The van der Waals surface area contributed by atoms with Crippen LogP contribution >= 0.6 is 0 Å². The number of rotatable bonds is 6. The Bertz CT molecular complexity index is 650. The number of aliphatic hydroxyl groups excluding tert-OH is 1. The fourth-order valence-electron chi connectivity index (χ4n) is 6.67. The lowest BCUT2D eigenvalue weighted by molar-refractivity contribution is 0.0596. The van der Waals surface area contributed by atoms with Crippen molar-refractivity contribution >= 4 is 0 Å². The van der Waals surface area contributed by atoms with Gasteiger partial charge >= 0.3 is 0 Å². The molecule has 5 atom stereocenters. The molecular formula is C27H44O2. The molecule has 0 amide bonds. The summed E-state index contributed by atoms with van der Waals surface area (Å²) in [6, 6.07) is 0. The van der Waals surface area contributed by atoms with Gasteiger partial charge in [0, 0.05) is 0 Å². The summed E-state index contributed by atoms with van der Waals surface area (Å²) in [7, 11) is 0. The fourth-order valence-corrected chi connectivity index (χ4v) is 6.67. The van der Waals surface area contributed by atoms with Gasteiger partial charge in [-0.15, -0.1) is 0 Å². The minimum Gasteiger partial charge on any atom is -0.393 e. The van der Waals surface area contributed by atoms with E-state index in [0.29, 0.717) is 5.41 Å². The van der Waals surface area contributed by atoms with Crippen molar-refractivity contribution in [1.82, 2.24) is 0 Å². The van der Waals surface area contributed by atoms with Crippen LogP contribution in [0, 0.1) is 23.2 Å². The van der Waals surface area contributed by atoms with Crippen LogP contribution < -0.4 is 0 Å². The minimum absolute atomic E-state index is 0.192. The van der Waals surface area contributed by atoms with E-state index in [1.165, 1.54) is 49.7 Å². The molecule has 0 saturated heterocycles. The van der Waals surface area contributed by atoms with E-state index in [9.17, 15) is 10.2 Å². The zero-order chi connectivity index (χ0) is 21.2. The topological polar surface area (TPSA) is 40.5 Å². The molecule has 3 aliphatic rings. The van der Waals surface area contributed by atoms with Gasteiger partial charge in [-0.05, 0) is 100 Å². The lowest BCUT2D eigenvalue weighted by Crippen LogP contribution is -2.36. The Labute approximate surface area is 179 Å². The maximum Gasteiger partial charge on any atom is 0.0591 e. The molecule has 3 aliphatic carbocycles. The maximum absolute atomic E-state index is 10.0. The number of hydrogen-bond acceptors (Lipinski definition) is 2. The van der Waals surface area contributed by atoms with Crippen LogP contribution in [0.4, 0.5) is 0 Å². The maximum atomic E-state index is 10.0. The molecule has 164 valence electrons. The quantitative estimate of drug-likeness (QED) is 0.518. The van der Waals surface area contributed by atoms with Crippen molar-refractivity contribution in [2.75, 3.05) is 0 Å². The highest BCUT2D eigenvalue weighted by Gasteiger charge is 2.50. The van der Waals surface area contributed by atoms with Crippen LogP contribution in [-0.4, -0.2) is 21.9 Å². The van der Waals surface area contributed by atoms with Crippen molar-refractivity contribution in [3.8, 4) is 0 Å². The molecule has 2 N–H and O–H groups in total. The molecule has 2 heteroatoms. The van der Waals surface area contributed by atoms with E-state index in [1.54, 1.807) is 5.57 Å². The average Bonchev–Trinajstić information content (AvgIpc) is 2.99. The van der Waals surface area contributed by atoms with Crippen molar-refractivity contribution in [2.45, 2.75) is 110 Å². The van der Waals surface area contributed by atoms with Gasteiger partial charge in [-0.2, -0.15) is 0 Å². The van der Waals surface area contributed by atoms with Crippen LogP contribution in [-0.2, 0) is 0 Å². The summed E-state index contributed by atoms with van der Waals surface area (Å²) in [5, 5.41) is 20.1. The minimum atomic E-state index is -0.535. The highest BCUT2D eigenvalue weighted by molar-refractivity contribution is 5.36. The molecule has 3 saturated carbocycles. The summed E-state index contributed by atoms with van der Waals surface area (Å²) in [6.45, 7) is 13.1. The Kier molecular flexibility index (Phi) is 7.16. The zero-order valence-electron chi connectivity index (χ0n) is 19.3. The molecule has 29 heavy (non-hydrogen) atoms. The van der Waals surface area contributed by atoms with E-state index >= 15 is 0 Å². The Hall–Kier alpha value is -0.860. The van der Waals surface area contributed by atoms with Gasteiger partial charge < -0.3 is 10.2 Å². The van der Waals surface area contributed by atoms with E-state index in [4.69, 9.17) is 0 Å². The van der Waals surface area contributed by atoms with Crippen LogP contribution in [0.5, 0.6) is 0 Å². The molecule has 3 fully saturated rings. The first-order valence-electron chi connectivity index (χ1n) is 12.1. The van der Waals surface area contributed by atoms with Crippen molar-refractivity contribution in [1.29, 1.82) is 0 Å². The van der Waals surface area contributed by atoms with E-state index in [-0.39, 0.29) is 6.10 Å². The SMILES string of the molecule is C=C1CC[C@H](O)C/C1=C\C=C1/CCC[C@@]2(C)[C@H]1CC[C@H]2[C@H](C)CCCC(C)(C)O. The molecule has 0 radical (unpaired) electrons. The van der Waals surface area contributed by atoms with Crippen molar-refractivity contribution in [2.24, 2.45) is 23.2 Å². The zero-order valence-corrected chi connectivity index (χ0v) is 19.3. The Morgan fingerprint density at radius 2 is 1.97 bits per heavy atom. The summed E-state index contributed by atoms with van der Waals surface area (Å²) >= 11 is 0. The molecule has 0 unspecified atom stereocenters. The van der Waals surface area contributed by atoms with Gasteiger partial charge in [0.25, 0.3) is 0 Å². The third kappa shape index (κ3) is 5.44. The summed E-state index contributed by atoms with van der Waals surface area (Å²) in [4.78, 5) is 0. The van der Waals surface area contributed by atoms with Crippen LogP contribution in [0.15, 0.2) is 35.5 Å². The van der Waals surface area contributed by atoms with E-state index < -0.39 is 5.60 Å². The molecule has 0 bridgehead atoms. The molecular weight excluding hydrogens is 356 g/mol. The van der Waals surface area contributed by atoms with Gasteiger partial charge in [-0.25, -0.2) is 0 Å². The highest BCUT2D eigenvalue weighted by Crippen LogP contribution is 2.60. The molecule has 0 spiro atoms.